The Hall–Kier alpha value is -3.41. The van der Waals surface area contributed by atoms with Crippen LogP contribution in [0.4, 0.5) is 0 Å². The number of ether oxygens (including phenoxy) is 1. The molecule has 0 amide bonds. The first kappa shape index (κ1) is 23.0. The smallest absolute Gasteiger partial charge is 0.353 e. The van der Waals surface area contributed by atoms with Gasteiger partial charge < -0.3 is 14.7 Å². The number of oxime groups is 1. The van der Waals surface area contributed by atoms with E-state index in [0.29, 0.717) is 24.4 Å². The normalized spacial score (nSPS) is 27.7. The van der Waals surface area contributed by atoms with E-state index >= 15 is 0 Å². The number of hydrogen-bond donors (Lipinski definition) is 1. The highest BCUT2D eigenvalue weighted by molar-refractivity contribution is 6.34. The Balaban J connectivity index is 1.20. The molecule has 1 heterocycles. The maximum absolute atomic E-state index is 11.3. The number of carboxylic acid groups (broad SMARTS) is 1. The average molecular weight is 485 g/mol. The van der Waals surface area contributed by atoms with E-state index in [1.807, 2.05) is 48.5 Å². The van der Waals surface area contributed by atoms with Gasteiger partial charge in [0.25, 0.3) is 0 Å². The predicted molar refractivity (Wildman–Crippen MR) is 138 cm³/mol. The zero-order valence-corrected chi connectivity index (χ0v) is 20.5. The Bertz CT molecular complexity index is 1260. The molecule has 1 unspecified atom stereocenters. The molecular formula is C30H32N2O4. The van der Waals surface area contributed by atoms with Gasteiger partial charge in [-0.1, -0.05) is 41.6 Å². The second-order valence-corrected chi connectivity index (χ2v) is 10.9. The topological polar surface area (TPSA) is 81.0 Å². The van der Waals surface area contributed by atoms with Crippen molar-refractivity contribution in [3.05, 3.63) is 71.9 Å². The van der Waals surface area contributed by atoms with Gasteiger partial charge in [-0.3, -0.25) is 0 Å². The molecule has 1 N–H and O–H groups in total. The first-order valence-corrected chi connectivity index (χ1v) is 13.0. The molecule has 0 aliphatic heterocycles. The molecule has 4 fully saturated rings. The fraction of sp³-hybridized carbons (Fsp3) is 0.433. The zero-order valence-electron chi connectivity index (χ0n) is 20.5. The molecule has 0 radical (unpaired) electrons. The number of fused-ring (bicyclic) bond motifs is 1. The van der Waals surface area contributed by atoms with Crippen LogP contribution in [0.15, 0.2) is 65.8 Å². The van der Waals surface area contributed by atoms with Crippen LogP contribution in [0.3, 0.4) is 0 Å². The van der Waals surface area contributed by atoms with Crippen LogP contribution in [0.25, 0.3) is 10.9 Å². The number of carboxylic acids is 1. The third-order valence-corrected chi connectivity index (χ3v) is 8.51. The molecule has 186 valence electrons. The van der Waals surface area contributed by atoms with Gasteiger partial charge in [0.05, 0.1) is 11.2 Å². The third-order valence-electron chi connectivity index (χ3n) is 8.51. The number of aromatic nitrogens is 1. The summed E-state index contributed by atoms with van der Waals surface area (Å²) >= 11 is 0. The molecule has 4 bridgehead atoms. The van der Waals surface area contributed by atoms with Crippen molar-refractivity contribution < 1.29 is 19.5 Å². The minimum absolute atomic E-state index is 0.0216. The van der Waals surface area contributed by atoms with E-state index in [1.54, 1.807) is 0 Å². The number of carbonyl (C=O) groups is 1. The number of pyridine rings is 1. The lowest BCUT2D eigenvalue weighted by Gasteiger charge is -2.55. The molecule has 1 aromatic heterocycles. The van der Waals surface area contributed by atoms with E-state index in [1.165, 1.54) is 39.0 Å². The van der Waals surface area contributed by atoms with Crippen molar-refractivity contribution in [1.82, 2.24) is 4.98 Å². The van der Waals surface area contributed by atoms with E-state index in [9.17, 15) is 9.90 Å². The van der Waals surface area contributed by atoms with Crippen molar-refractivity contribution in [3.63, 3.8) is 0 Å². The lowest BCUT2D eigenvalue weighted by atomic mass is 9.50. The third kappa shape index (κ3) is 4.57. The summed E-state index contributed by atoms with van der Waals surface area (Å²) in [5.41, 5.74) is 2.85. The minimum atomic E-state index is -1.05. The number of para-hydroxylation sites is 1. The molecule has 4 aliphatic carbocycles. The molecule has 4 aliphatic rings. The Kier molecular flexibility index (Phi) is 6.12. The molecular weight excluding hydrogens is 452 g/mol. The van der Waals surface area contributed by atoms with Crippen LogP contribution in [0.2, 0.25) is 0 Å². The Morgan fingerprint density at radius 1 is 0.972 bits per heavy atom. The minimum Gasteiger partial charge on any atom is -0.487 e. The van der Waals surface area contributed by atoms with Crippen LogP contribution in [-0.4, -0.2) is 21.8 Å². The fourth-order valence-electron chi connectivity index (χ4n) is 7.09. The number of rotatable bonds is 8. The lowest BCUT2D eigenvalue weighted by Crippen LogP contribution is -2.47. The molecule has 4 saturated carbocycles. The maximum Gasteiger partial charge on any atom is 0.353 e. The quantitative estimate of drug-likeness (QED) is 0.295. The lowest BCUT2D eigenvalue weighted by molar-refractivity contribution is -0.130. The molecule has 6 heteroatoms. The standard InChI is InChI=1S/C30H32N2O4/c1-18(30(33)34)32-36-29(28-23-13-19-12-20(15-23)16-24(28)14-19)22-7-10-26(11-8-22)35-17-25-9-6-21-4-2-3-5-27(21)31-25/h2-11,19-20,23-24,28-29H,12-17H2,1H3,(H,33,34)/b32-18+. The summed E-state index contributed by atoms with van der Waals surface area (Å²) in [7, 11) is 0. The van der Waals surface area contributed by atoms with Crippen molar-refractivity contribution in [2.24, 2.45) is 34.7 Å². The van der Waals surface area contributed by atoms with Gasteiger partial charge in [-0.15, -0.1) is 0 Å². The Morgan fingerprint density at radius 3 is 2.36 bits per heavy atom. The zero-order chi connectivity index (χ0) is 24.6. The first-order valence-electron chi connectivity index (χ1n) is 13.0. The largest absolute Gasteiger partial charge is 0.487 e. The van der Waals surface area contributed by atoms with E-state index < -0.39 is 5.97 Å². The second kappa shape index (κ2) is 9.57. The number of hydrogen-bond acceptors (Lipinski definition) is 5. The maximum atomic E-state index is 11.3. The Morgan fingerprint density at radius 2 is 1.67 bits per heavy atom. The summed E-state index contributed by atoms with van der Waals surface area (Å²) in [5.74, 6) is 3.05. The van der Waals surface area contributed by atoms with Gasteiger partial charge in [0.2, 0.25) is 0 Å². The average Bonchev–Trinajstić information content (AvgIpc) is 2.88. The summed E-state index contributed by atoms with van der Waals surface area (Å²) in [4.78, 5) is 22.1. The summed E-state index contributed by atoms with van der Waals surface area (Å²) in [6.45, 7) is 1.87. The fourth-order valence-corrected chi connectivity index (χ4v) is 7.09. The Labute approximate surface area is 211 Å². The molecule has 7 rings (SSSR count). The van der Waals surface area contributed by atoms with Gasteiger partial charge in [-0.05, 0) is 92.5 Å². The summed E-state index contributed by atoms with van der Waals surface area (Å²) in [5, 5.41) is 14.4. The van der Waals surface area contributed by atoms with Crippen molar-refractivity contribution >= 4 is 22.6 Å². The van der Waals surface area contributed by atoms with Crippen LogP contribution in [0.5, 0.6) is 5.75 Å². The number of nitrogens with zero attached hydrogens (tertiary/aromatic N) is 2. The van der Waals surface area contributed by atoms with Crippen molar-refractivity contribution in [1.29, 1.82) is 0 Å². The van der Waals surface area contributed by atoms with Gasteiger partial charge in [0.15, 0.2) is 11.8 Å². The van der Waals surface area contributed by atoms with Crippen LogP contribution in [0, 0.1) is 29.6 Å². The van der Waals surface area contributed by atoms with E-state index in [0.717, 1.165) is 39.7 Å². The summed E-state index contributed by atoms with van der Waals surface area (Å²) in [6, 6.07) is 20.1. The highest BCUT2D eigenvalue weighted by Gasteiger charge is 2.51. The first-order chi connectivity index (χ1) is 17.5. The predicted octanol–water partition coefficient (Wildman–Crippen LogP) is 6.40. The van der Waals surface area contributed by atoms with Gasteiger partial charge in [0.1, 0.15) is 12.4 Å². The molecule has 0 saturated heterocycles. The molecule has 6 nitrogen and oxygen atoms in total. The van der Waals surface area contributed by atoms with E-state index in [4.69, 9.17) is 9.57 Å². The SMILES string of the molecule is C/C(=N\OC(c1ccc(OCc2ccc3ccccc3n2)cc1)C1C2CC3CC(C2)CC1C3)C(=O)O. The van der Waals surface area contributed by atoms with Crippen LogP contribution in [0.1, 0.15) is 56.4 Å². The highest BCUT2D eigenvalue weighted by atomic mass is 16.6. The van der Waals surface area contributed by atoms with Crippen molar-refractivity contribution in [3.8, 4) is 5.75 Å². The van der Waals surface area contributed by atoms with Crippen LogP contribution in [-0.2, 0) is 16.2 Å². The number of benzene rings is 2. The molecule has 0 spiro atoms. The van der Waals surface area contributed by atoms with Crippen LogP contribution >= 0.6 is 0 Å². The van der Waals surface area contributed by atoms with Gasteiger partial charge in [-0.2, -0.15) is 0 Å². The highest BCUT2D eigenvalue weighted by Crippen LogP contribution is 2.60. The number of aliphatic carboxylic acids is 1. The molecule has 2 aromatic carbocycles. The van der Waals surface area contributed by atoms with Crippen molar-refractivity contribution in [2.75, 3.05) is 0 Å². The van der Waals surface area contributed by atoms with Crippen LogP contribution < -0.4 is 4.74 Å². The summed E-state index contributed by atoms with van der Waals surface area (Å²) < 4.78 is 6.04. The monoisotopic (exact) mass is 484 g/mol. The molecule has 1 atom stereocenters. The van der Waals surface area contributed by atoms with Gasteiger partial charge in [0, 0.05) is 11.3 Å². The van der Waals surface area contributed by atoms with Gasteiger partial charge in [-0.25, -0.2) is 9.78 Å². The second-order valence-electron chi connectivity index (χ2n) is 10.9. The van der Waals surface area contributed by atoms with E-state index in [2.05, 4.69) is 22.3 Å². The van der Waals surface area contributed by atoms with Crippen molar-refractivity contribution in [2.45, 2.75) is 51.7 Å². The molecule has 3 aromatic rings. The van der Waals surface area contributed by atoms with E-state index in [-0.39, 0.29) is 11.8 Å². The molecule has 36 heavy (non-hydrogen) atoms. The summed E-state index contributed by atoms with van der Waals surface area (Å²) in [6.07, 6.45) is 6.20. The van der Waals surface area contributed by atoms with Gasteiger partial charge >= 0.3 is 5.97 Å².